The van der Waals surface area contributed by atoms with Crippen LogP contribution in [0, 0.1) is 24.2 Å². The van der Waals surface area contributed by atoms with Crippen LogP contribution in [0.15, 0.2) is 54.7 Å². The Morgan fingerprint density at radius 2 is 2.03 bits per heavy atom. The second-order valence-electron chi connectivity index (χ2n) is 9.23. The number of fused-ring (bicyclic) bond motifs is 4. The Balaban J connectivity index is 1.05. The molecule has 1 atom stereocenters. The third kappa shape index (κ3) is 3.79. The van der Waals surface area contributed by atoms with E-state index in [4.69, 9.17) is 9.47 Å². The fraction of sp³-hybridized carbons (Fsp3) is 0.333. The average Bonchev–Trinajstić information content (AvgIpc) is 3.22. The van der Waals surface area contributed by atoms with E-state index in [2.05, 4.69) is 38.8 Å². The number of pyridine rings is 1. The Bertz CT molecular complexity index is 1380. The molecule has 4 heterocycles. The Kier molecular flexibility index (Phi) is 4.92. The van der Waals surface area contributed by atoms with E-state index in [1.165, 1.54) is 5.39 Å². The summed E-state index contributed by atoms with van der Waals surface area (Å²) in [6.45, 7) is 6.61. The van der Waals surface area contributed by atoms with Crippen molar-refractivity contribution in [3.8, 4) is 17.6 Å². The standard InChI is InChI=1S/C27H26N4O2/c1-18-2-5-23-24(29-18)6-7-26-27(23)33-22(17-32-26)16-30-14-20(15-30)8-10-31-11-9-21-4-3-19(13-28)12-25(21)31/h2-7,9,11-12,20,22H,8,10,14-17H2,1H3. The molecule has 0 spiro atoms. The lowest BCUT2D eigenvalue weighted by molar-refractivity contribution is 0.0144. The first-order chi connectivity index (χ1) is 16.2. The summed E-state index contributed by atoms with van der Waals surface area (Å²) in [5, 5.41) is 11.4. The van der Waals surface area contributed by atoms with E-state index in [9.17, 15) is 5.26 Å². The molecule has 6 rings (SSSR count). The fourth-order valence-electron chi connectivity index (χ4n) is 5.03. The molecule has 0 bridgehead atoms. The van der Waals surface area contributed by atoms with Crippen molar-refractivity contribution in [3.05, 3.63) is 66.0 Å². The maximum atomic E-state index is 9.18. The van der Waals surface area contributed by atoms with Crippen molar-refractivity contribution in [1.29, 1.82) is 5.26 Å². The number of ether oxygens (including phenoxy) is 2. The van der Waals surface area contributed by atoms with Crippen LogP contribution in [-0.2, 0) is 6.54 Å². The topological polar surface area (TPSA) is 63.3 Å². The molecule has 1 saturated heterocycles. The summed E-state index contributed by atoms with van der Waals surface area (Å²) in [7, 11) is 0. The van der Waals surface area contributed by atoms with Crippen molar-refractivity contribution in [1.82, 2.24) is 14.5 Å². The molecule has 2 aliphatic heterocycles. The highest BCUT2D eigenvalue weighted by Gasteiger charge is 2.31. The van der Waals surface area contributed by atoms with E-state index in [1.54, 1.807) is 0 Å². The van der Waals surface area contributed by atoms with Crippen LogP contribution < -0.4 is 9.47 Å². The molecular formula is C27H26N4O2. The molecule has 166 valence electrons. The van der Waals surface area contributed by atoms with Crippen LogP contribution in [0.5, 0.6) is 11.5 Å². The molecule has 0 amide bonds. The number of benzene rings is 2. The number of rotatable bonds is 5. The monoisotopic (exact) mass is 438 g/mol. The minimum absolute atomic E-state index is 0.0307. The SMILES string of the molecule is Cc1ccc2c3c(ccc2n1)OCC(CN1CC(CCn2ccc4ccc(C#N)cc42)C1)O3. The van der Waals surface area contributed by atoms with E-state index in [1.807, 2.05) is 43.3 Å². The molecular weight excluding hydrogens is 412 g/mol. The van der Waals surface area contributed by atoms with Gasteiger partial charge in [-0.2, -0.15) is 5.26 Å². The van der Waals surface area contributed by atoms with Crippen LogP contribution in [0.25, 0.3) is 21.8 Å². The average molecular weight is 439 g/mol. The maximum Gasteiger partial charge on any atom is 0.171 e. The van der Waals surface area contributed by atoms with Crippen molar-refractivity contribution in [3.63, 3.8) is 0 Å². The van der Waals surface area contributed by atoms with E-state index in [0.717, 1.165) is 66.2 Å². The quantitative estimate of drug-likeness (QED) is 0.458. The number of aromatic nitrogens is 2. The largest absolute Gasteiger partial charge is 0.486 e. The number of nitriles is 1. The van der Waals surface area contributed by atoms with Crippen LogP contribution in [0.4, 0.5) is 0 Å². The number of likely N-dealkylation sites (tertiary alicyclic amines) is 1. The van der Waals surface area contributed by atoms with Crippen molar-refractivity contribution >= 4 is 21.8 Å². The van der Waals surface area contributed by atoms with Gasteiger partial charge >= 0.3 is 0 Å². The van der Waals surface area contributed by atoms with Gasteiger partial charge in [0.15, 0.2) is 11.5 Å². The molecule has 0 N–H and O–H groups in total. The molecule has 6 nitrogen and oxygen atoms in total. The summed E-state index contributed by atoms with van der Waals surface area (Å²) in [4.78, 5) is 7.07. The third-order valence-electron chi connectivity index (χ3n) is 6.81. The summed E-state index contributed by atoms with van der Waals surface area (Å²) in [6, 6.07) is 18.3. The molecule has 2 aromatic heterocycles. The zero-order valence-corrected chi connectivity index (χ0v) is 18.7. The molecule has 4 aromatic rings. The number of hydrogen-bond acceptors (Lipinski definition) is 5. The van der Waals surface area contributed by atoms with Gasteiger partial charge in [0.1, 0.15) is 12.7 Å². The zero-order chi connectivity index (χ0) is 22.4. The number of hydrogen-bond donors (Lipinski definition) is 0. The van der Waals surface area contributed by atoms with Gasteiger partial charge in [0.25, 0.3) is 0 Å². The Morgan fingerprint density at radius 1 is 1.12 bits per heavy atom. The van der Waals surface area contributed by atoms with Crippen molar-refractivity contribution in [2.24, 2.45) is 5.92 Å². The van der Waals surface area contributed by atoms with Gasteiger partial charge in [-0.15, -0.1) is 0 Å². The van der Waals surface area contributed by atoms with Gasteiger partial charge in [-0.05, 0) is 67.1 Å². The summed E-state index contributed by atoms with van der Waals surface area (Å²) < 4.78 is 14.7. The Morgan fingerprint density at radius 3 is 2.91 bits per heavy atom. The van der Waals surface area contributed by atoms with Crippen LogP contribution in [0.2, 0.25) is 0 Å². The second-order valence-corrected chi connectivity index (χ2v) is 9.23. The summed E-state index contributed by atoms with van der Waals surface area (Å²) in [5.41, 5.74) is 3.81. The molecule has 6 heteroatoms. The normalized spacial score (nSPS) is 18.4. The summed E-state index contributed by atoms with van der Waals surface area (Å²) in [6.07, 6.45) is 3.30. The Hall–Kier alpha value is -3.56. The smallest absolute Gasteiger partial charge is 0.171 e. The van der Waals surface area contributed by atoms with Crippen molar-refractivity contribution in [2.45, 2.75) is 26.0 Å². The predicted molar refractivity (Wildman–Crippen MR) is 128 cm³/mol. The maximum absolute atomic E-state index is 9.18. The van der Waals surface area contributed by atoms with Gasteiger partial charge in [0, 0.05) is 49.0 Å². The molecule has 1 fully saturated rings. The minimum Gasteiger partial charge on any atom is -0.486 e. The van der Waals surface area contributed by atoms with Gasteiger partial charge in [-0.1, -0.05) is 6.07 Å². The predicted octanol–water partition coefficient (Wildman–Crippen LogP) is 4.53. The van der Waals surface area contributed by atoms with Gasteiger partial charge in [-0.3, -0.25) is 9.88 Å². The highest BCUT2D eigenvalue weighted by atomic mass is 16.6. The first-order valence-corrected chi connectivity index (χ1v) is 11.6. The summed E-state index contributed by atoms with van der Waals surface area (Å²) >= 11 is 0. The molecule has 1 unspecified atom stereocenters. The van der Waals surface area contributed by atoms with Gasteiger partial charge in [-0.25, -0.2) is 0 Å². The lowest BCUT2D eigenvalue weighted by Gasteiger charge is -2.42. The Labute approximate surface area is 193 Å². The van der Waals surface area contributed by atoms with Crippen LogP contribution in [0.1, 0.15) is 17.7 Å². The van der Waals surface area contributed by atoms with Gasteiger partial charge in [0.05, 0.1) is 17.1 Å². The first kappa shape index (κ1) is 20.1. The number of nitrogens with zero attached hydrogens (tertiary/aromatic N) is 4. The van der Waals surface area contributed by atoms with E-state index in [0.29, 0.717) is 18.1 Å². The lowest BCUT2D eigenvalue weighted by atomic mass is 9.96. The molecule has 0 aliphatic carbocycles. The minimum atomic E-state index is 0.0307. The fourth-order valence-corrected chi connectivity index (χ4v) is 5.03. The molecule has 2 aliphatic rings. The first-order valence-electron chi connectivity index (χ1n) is 11.6. The van der Waals surface area contributed by atoms with Crippen LogP contribution in [0.3, 0.4) is 0 Å². The zero-order valence-electron chi connectivity index (χ0n) is 18.7. The molecule has 33 heavy (non-hydrogen) atoms. The van der Waals surface area contributed by atoms with Crippen LogP contribution in [-0.4, -0.2) is 46.8 Å². The van der Waals surface area contributed by atoms with E-state index >= 15 is 0 Å². The van der Waals surface area contributed by atoms with Gasteiger partial charge in [0.2, 0.25) is 0 Å². The van der Waals surface area contributed by atoms with Crippen molar-refractivity contribution < 1.29 is 9.47 Å². The highest BCUT2D eigenvalue weighted by molar-refractivity contribution is 5.88. The lowest BCUT2D eigenvalue weighted by Crippen LogP contribution is -2.52. The number of aryl methyl sites for hydroxylation is 2. The van der Waals surface area contributed by atoms with Crippen LogP contribution >= 0.6 is 0 Å². The molecule has 2 aromatic carbocycles. The highest BCUT2D eigenvalue weighted by Crippen LogP contribution is 2.38. The van der Waals surface area contributed by atoms with E-state index in [-0.39, 0.29) is 6.10 Å². The second kappa shape index (κ2) is 8.09. The van der Waals surface area contributed by atoms with Gasteiger partial charge < -0.3 is 14.0 Å². The summed E-state index contributed by atoms with van der Waals surface area (Å²) in [5.74, 6) is 2.32. The molecule has 0 radical (unpaired) electrons. The van der Waals surface area contributed by atoms with E-state index < -0.39 is 0 Å². The molecule has 0 saturated carbocycles. The third-order valence-corrected chi connectivity index (χ3v) is 6.81. The van der Waals surface area contributed by atoms with Crippen molar-refractivity contribution in [2.75, 3.05) is 26.2 Å².